The van der Waals surface area contributed by atoms with E-state index >= 15 is 0 Å². The summed E-state index contributed by atoms with van der Waals surface area (Å²) in [4.78, 5) is 15.1. The lowest BCUT2D eigenvalue weighted by molar-refractivity contribution is -0.153. The third kappa shape index (κ3) is 3.03. The summed E-state index contributed by atoms with van der Waals surface area (Å²) in [5.74, 6) is -0.729. The van der Waals surface area contributed by atoms with Gasteiger partial charge in [-0.1, -0.05) is 17.7 Å². The Labute approximate surface area is 102 Å². The fourth-order valence-corrected chi connectivity index (χ4v) is 2.50. The number of sulfonamides is 1. The molecular weight excluding hydrogens is 298 g/mol. The Balaban J connectivity index is 3.02. The van der Waals surface area contributed by atoms with Crippen LogP contribution in [0.2, 0.25) is 0 Å². The summed E-state index contributed by atoms with van der Waals surface area (Å²) in [5.41, 5.74) is 0.938. The quantitative estimate of drug-likeness (QED) is 0.630. The van der Waals surface area contributed by atoms with Crippen molar-refractivity contribution in [2.45, 2.75) is 18.7 Å². The molecule has 0 saturated heterocycles. The van der Waals surface area contributed by atoms with Gasteiger partial charge in [-0.05, 0) is 19.1 Å². The zero-order valence-electron chi connectivity index (χ0n) is 8.68. The summed E-state index contributed by atoms with van der Waals surface area (Å²) in [6, 6.07) is 6.17. The standard InChI is InChI=1S/C9H10BrNO4S/c1-7-3-5-9(6-4-7)16(13,14)11(10)15-8(2)12/h3-6H,1-2H3. The maximum atomic E-state index is 11.8. The van der Waals surface area contributed by atoms with Gasteiger partial charge in [-0.15, -0.1) is 0 Å². The summed E-state index contributed by atoms with van der Waals surface area (Å²) in [6.07, 6.45) is 0. The first-order valence-electron chi connectivity index (χ1n) is 4.30. The second-order valence-electron chi connectivity index (χ2n) is 3.08. The van der Waals surface area contributed by atoms with Crippen molar-refractivity contribution < 1.29 is 18.0 Å². The SMILES string of the molecule is CC(=O)ON(Br)S(=O)(=O)c1ccc(C)cc1. The molecule has 16 heavy (non-hydrogen) atoms. The number of nitrogens with zero attached hydrogens (tertiary/aromatic N) is 1. The molecule has 7 heteroatoms. The molecule has 0 fully saturated rings. The first-order valence-corrected chi connectivity index (χ1v) is 6.45. The zero-order valence-corrected chi connectivity index (χ0v) is 11.1. The summed E-state index contributed by atoms with van der Waals surface area (Å²) in [6.45, 7) is 2.95. The van der Waals surface area contributed by atoms with Crippen LogP contribution < -0.4 is 0 Å². The molecule has 0 aliphatic heterocycles. The maximum Gasteiger partial charge on any atom is 0.324 e. The maximum absolute atomic E-state index is 11.8. The van der Waals surface area contributed by atoms with Crippen molar-refractivity contribution in [2.75, 3.05) is 0 Å². The van der Waals surface area contributed by atoms with E-state index in [0.29, 0.717) is 3.49 Å². The highest BCUT2D eigenvalue weighted by Gasteiger charge is 2.25. The molecule has 0 saturated carbocycles. The summed E-state index contributed by atoms with van der Waals surface area (Å²) in [7, 11) is -3.84. The molecule has 0 N–H and O–H groups in total. The zero-order chi connectivity index (χ0) is 12.3. The molecule has 1 aromatic carbocycles. The molecule has 1 aromatic rings. The van der Waals surface area contributed by atoms with Crippen LogP contribution in [0.5, 0.6) is 0 Å². The number of aryl methyl sites for hydroxylation is 1. The Hall–Kier alpha value is -0.920. The number of carbonyl (C=O) groups is 1. The second kappa shape index (κ2) is 4.94. The average Bonchev–Trinajstić information content (AvgIpc) is 2.17. The first-order chi connectivity index (χ1) is 7.34. The molecule has 0 atom stereocenters. The number of benzene rings is 1. The lowest BCUT2D eigenvalue weighted by Gasteiger charge is -2.12. The second-order valence-corrected chi connectivity index (χ2v) is 5.95. The molecule has 0 heterocycles. The molecule has 0 amide bonds. The van der Waals surface area contributed by atoms with Gasteiger partial charge in [0.25, 0.3) is 10.0 Å². The van der Waals surface area contributed by atoms with E-state index in [1.807, 2.05) is 6.92 Å². The Bertz CT molecular complexity index is 483. The van der Waals surface area contributed by atoms with Crippen LogP contribution in [0, 0.1) is 6.92 Å². The average molecular weight is 308 g/mol. The van der Waals surface area contributed by atoms with Gasteiger partial charge in [0.1, 0.15) is 0 Å². The van der Waals surface area contributed by atoms with Crippen LogP contribution in [0.4, 0.5) is 0 Å². The van der Waals surface area contributed by atoms with E-state index in [0.717, 1.165) is 12.5 Å². The molecule has 0 unspecified atom stereocenters. The van der Waals surface area contributed by atoms with Crippen LogP contribution in [0.1, 0.15) is 12.5 Å². The fraction of sp³-hybridized carbons (Fsp3) is 0.222. The number of carbonyl (C=O) groups excluding carboxylic acids is 1. The monoisotopic (exact) mass is 307 g/mol. The summed E-state index contributed by atoms with van der Waals surface area (Å²) < 4.78 is 23.9. The van der Waals surface area contributed by atoms with Crippen molar-refractivity contribution in [3.8, 4) is 0 Å². The van der Waals surface area contributed by atoms with Crippen molar-refractivity contribution in [3.63, 3.8) is 0 Å². The van der Waals surface area contributed by atoms with Crippen molar-refractivity contribution in [3.05, 3.63) is 29.8 Å². The summed E-state index contributed by atoms with van der Waals surface area (Å²) >= 11 is 2.66. The molecule has 1 rings (SSSR count). The highest BCUT2D eigenvalue weighted by molar-refractivity contribution is 9.08. The molecule has 5 nitrogen and oxygen atoms in total. The van der Waals surface area contributed by atoms with E-state index in [2.05, 4.69) is 21.0 Å². The largest absolute Gasteiger partial charge is 0.342 e. The third-order valence-electron chi connectivity index (χ3n) is 1.71. The molecule has 0 spiro atoms. The van der Waals surface area contributed by atoms with Crippen LogP contribution in [-0.2, 0) is 19.7 Å². The molecule has 0 bridgehead atoms. The topological polar surface area (TPSA) is 63.7 Å². The van der Waals surface area contributed by atoms with Gasteiger partial charge in [-0.3, -0.25) is 4.79 Å². The lowest BCUT2D eigenvalue weighted by atomic mass is 10.2. The Kier molecular flexibility index (Phi) is 4.06. The van der Waals surface area contributed by atoms with E-state index < -0.39 is 16.0 Å². The Morgan fingerprint density at radius 3 is 2.25 bits per heavy atom. The third-order valence-corrected chi connectivity index (χ3v) is 4.32. The van der Waals surface area contributed by atoms with Gasteiger partial charge in [0.05, 0.1) is 21.0 Å². The predicted molar refractivity (Wildman–Crippen MR) is 60.9 cm³/mol. The minimum Gasteiger partial charge on any atom is -0.342 e. The number of hydrogen-bond acceptors (Lipinski definition) is 4. The first kappa shape index (κ1) is 13.1. The smallest absolute Gasteiger partial charge is 0.324 e. The van der Waals surface area contributed by atoms with Gasteiger partial charge in [0, 0.05) is 10.4 Å². The highest BCUT2D eigenvalue weighted by Crippen LogP contribution is 2.19. The van der Waals surface area contributed by atoms with Crippen molar-refractivity contribution in [1.82, 2.24) is 3.49 Å². The fourth-order valence-electron chi connectivity index (χ4n) is 0.943. The molecular formula is C9H10BrNO4S. The number of hydrogen-bond donors (Lipinski definition) is 0. The van der Waals surface area contributed by atoms with Gasteiger partial charge in [0.2, 0.25) is 0 Å². The lowest BCUT2D eigenvalue weighted by Crippen LogP contribution is -2.23. The van der Waals surface area contributed by atoms with Crippen LogP contribution in [0.3, 0.4) is 0 Å². The van der Waals surface area contributed by atoms with E-state index in [4.69, 9.17) is 0 Å². The summed E-state index contributed by atoms with van der Waals surface area (Å²) in [5, 5.41) is 0. The predicted octanol–water partition coefficient (Wildman–Crippen LogP) is 1.77. The van der Waals surface area contributed by atoms with Crippen LogP contribution in [0.25, 0.3) is 0 Å². The minimum atomic E-state index is -3.84. The molecule has 0 radical (unpaired) electrons. The molecule has 88 valence electrons. The van der Waals surface area contributed by atoms with E-state index in [9.17, 15) is 13.2 Å². The van der Waals surface area contributed by atoms with Crippen LogP contribution in [-0.4, -0.2) is 17.9 Å². The van der Waals surface area contributed by atoms with Gasteiger partial charge >= 0.3 is 5.97 Å². The van der Waals surface area contributed by atoms with E-state index in [1.165, 1.54) is 12.1 Å². The molecule has 0 aliphatic carbocycles. The van der Waals surface area contributed by atoms with Crippen molar-refractivity contribution in [2.24, 2.45) is 0 Å². The van der Waals surface area contributed by atoms with Crippen molar-refractivity contribution in [1.29, 1.82) is 0 Å². The van der Waals surface area contributed by atoms with Crippen molar-refractivity contribution >= 4 is 32.1 Å². The van der Waals surface area contributed by atoms with Crippen LogP contribution >= 0.6 is 16.1 Å². The van der Waals surface area contributed by atoms with E-state index in [-0.39, 0.29) is 4.90 Å². The number of rotatable bonds is 3. The van der Waals surface area contributed by atoms with Gasteiger partial charge in [-0.2, -0.15) is 0 Å². The van der Waals surface area contributed by atoms with Gasteiger partial charge < -0.3 is 4.84 Å². The minimum absolute atomic E-state index is 0.0382. The highest BCUT2D eigenvalue weighted by atomic mass is 79.9. The Morgan fingerprint density at radius 2 is 1.81 bits per heavy atom. The molecule has 0 aromatic heterocycles. The van der Waals surface area contributed by atoms with Crippen LogP contribution in [0.15, 0.2) is 29.2 Å². The molecule has 0 aliphatic rings. The van der Waals surface area contributed by atoms with Gasteiger partial charge in [0.15, 0.2) is 0 Å². The number of halogens is 1. The normalized spacial score (nSPS) is 11.5. The van der Waals surface area contributed by atoms with E-state index in [1.54, 1.807) is 12.1 Å². The van der Waals surface area contributed by atoms with Gasteiger partial charge in [-0.25, -0.2) is 8.42 Å². The Morgan fingerprint density at radius 1 is 1.31 bits per heavy atom.